The fraction of sp³-hybridized carbons (Fsp3) is 0.929. The van der Waals surface area contributed by atoms with E-state index in [1.807, 2.05) is 0 Å². The van der Waals surface area contributed by atoms with Crippen molar-refractivity contribution >= 4 is 0 Å². The molecule has 2 atom stereocenters. The maximum atomic E-state index is 9.10. The van der Waals surface area contributed by atoms with Gasteiger partial charge in [0.15, 0.2) is 0 Å². The Bertz CT molecular complexity index is 286. The van der Waals surface area contributed by atoms with Crippen LogP contribution < -0.4 is 5.32 Å². The summed E-state index contributed by atoms with van der Waals surface area (Å²) in [7, 11) is 4.40. The van der Waals surface area contributed by atoms with Crippen molar-refractivity contribution in [3.05, 3.63) is 0 Å². The summed E-state index contributed by atoms with van der Waals surface area (Å²) in [5, 5.41) is 12.8. The predicted molar refractivity (Wildman–Crippen MR) is 69.6 cm³/mol. The van der Waals surface area contributed by atoms with Crippen LogP contribution in [0.3, 0.4) is 0 Å². The second-order valence-corrected chi connectivity index (χ2v) is 5.98. The molecule has 3 heteroatoms. The minimum atomic E-state index is 0.246. The van der Waals surface area contributed by atoms with Crippen LogP contribution in [0.2, 0.25) is 0 Å². The molecule has 96 valence electrons. The van der Waals surface area contributed by atoms with E-state index in [9.17, 15) is 0 Å². The standard InChI is InChI=1S/C14H25N3/c1-17(2)14(8-3-4-9-14)11-16-13-7-5-6-12(13)10-15/h12-13,16H,3-9,11H2,1-2H3. The zero-order valence-electron chi connectivity index (χ0n) is 11.2. The van der Waals surface area contributed by atoms with Crippen molar-refractivity contribution in [2.75, 3.05) is 20.6 Å². The second kappa shape index (κ2) is 5.37. The van der Waals surface area contributed by atoms with Crippen molar-refractivity contribution in [3.63, 3.8) is 0 Å². The van der Waals surface area contributed by atoms with Crippen LogP contribution in [-0.2, 0) is 0 Å². The van der Waals surface area contributed by atoms with E-state index >= 15 is 0 Å². The third-order valence-corrected chi connectivity index (χ3v) is 4.86. The maximum absolute atomic E-state index is 9.10. The van der Waals surface area contributed by atoms with Gasteiger partial charge in [-0.3, -0.25) is 0 Å². The molecule has 0 aromatic rings. The first kappa shape index (κ1) is 12.9. The average Bonchev–Trinajstić information content (AvgIpc) is 2.96. The van der Waals surface area contributed by atoms with Gasteiger partial charge in [0.2, 0.25) is 0 Å². The number of rotatable bonds is 4. The minimum absolute atomic E-state index is 0.246. The number of nitriles is 1. The molecule has 0 bridgehead atoms. The third kappa shape index (κ3) is 2.64. The van der Waals surface area contributed by atoms with Gasteiger partial charge in [-0.15, -0.1) is 0 Å². The summed E-state index contributed by atoms with van der Waals surface area (Å²) in [6.45, 7) is 1.06. The van der Waals surface area contributed by atoms with Crippen molar-refractivity contribution in [1.82, 2.24) is 10.2 Å². The normalized spacial score (nSPS) is 31.9. The summed E-state index contributed by atoms with van der Waals surface area (Å²) in [5.41, 5.74) is 0.350. The van der Waals surface area contributed by atoms with Crippen LogP contribution in [0.25, 0.3) is 0 Å². The van der Waals surface area contributed by atoms with Crippen LogP contribution in [0, 0.1) is 17.2 Å². The van der Waals surface area contributed by atoms with E-state index in [-0.39, 0.29) is 5.92 Å². The third-order valence-electron chi connectivity index (χ3n) is 4.86. The molecule has 0 heterocycles. The summed E-state index contributed by atoms with van der Waals surface area (Å²) in [6, 6.07) is 2.90. The minimum Gasteiger partial charge on any atom is -0.311 e. The Morgan fingerprint density at radius 3 is 2.53 bits per heavy atom. The van der Waals surface area contributed by atoms with Crippen molar-refractivity contribution < 1.29 is 0 Å². The summed E-state index contributed by atoms with van der Waals surface area (Å²) < 4.78 is 0. The van der Waals surface area contributed by atoms with Crippen molar-refractivity contribution in [2.24, 2.45) is 5.92 Å². The molecule has 2 rings (SSSR count). The zero-order chi connectivity index (χ0) is 12.3. The van der Waals surface area contributed by atoms with Crippen LogP contribution in [0.1, 0.15) is 44.9 Å². The molecule has 0 saturated heterocycles. The fourth-order valence-electron chi connectivity index (χ4n) is 3.50. The molecule has 3 nitrogen and oxygen atoms in total. The maximum Gasteiger partial charge on any atom is 0.0672 e. The van der Waals surface area contributed by atoms with Crippen molar-refractivity contribution in [2.45, 2.75) is 56.5 Å². The molecule has 2 unspecified atom stereocenters. The first-order valence-corrected chi connectivity index (χ1v) is 6.98. The highest BCUT2D eigenvalue weighted by atomic mass is 15.2. The molecule has 0 aromatic carbocycles. The van der Waals surface area contributed by atoms with E-state index in [1.54, 1.807) is 0 Å². The summed E-state index contributed by atoms with van der Waals surface area (Å²) >= 11 is 0. The van der Waals surface area contributed by atoms with E-state index in [0.29, 0.717) is 11.6 Å². The van der Waals surface area contributed by atoms with Crippen LogP contribution in [0.4, 0.5) is 0 Å². The fourth-order valence-corrected chi connectivity index (χ4v) is 3.50. The molecule has 0 aromatic heterocycles. The van der Waals surface area contributed by atoms with E-state index in [1.165, 1.54) is 38.5 Å². The van der Waals surface area contributed by atoms with Crippen molar-refractivity contribution in [3.8, 4) is 6.07 Å². The van der Waals surface area contributed by atoms with Gasteiger partial charge in [-0.1, -0.05) is 19.3 Å². The molecule has 0 aliphatic heterocycles. The van der Waals surface area contributed by atoms with Gasteiger partial charge in [-0.2, -0.15) is 5.26 Å². The first-order valence-electron chi connectivity index (χ1n) is 6.98. The molecule has 2 saturated carbocycles. The van der Waals surface area contributed by atoms with Crippen LogP contribution in [0.15, 0.2) is 0 Å². The molecular formula is C14H25N3. The van der Waals surface area contributed by atoms with Crippen LogP contribution in [0.5, 0.6) is 0 Å². The Hall–Kier alpha value is -0.590. The van der Waals surface area contributed by atoms with E-state index in [0.717, 1.165) is 13.0 Å². The highest BCUT2D eigenvalue weighted by molar-refractivity contribution is 5.00. The van der Waals surface area contributed by atoms with Gasteiger partial charge in [0.1, 0.15) is 0 Å². The number of nitrogens with one attached hydrogen (secondary N) is 1. The van der Waals surface area contributed by atoms with Crippen LogP contribution >= 0.6 is 0 Å². The summed E-state index contributed by atoms with van der Waals surface area (Å²) in [4.78, 5) is 2.39. The Morgan fingerprint density at radius 2 is 1.94 bits per heavy atom. The Kier molecular flexibility index (Phi) is 4.06. The molecule has 17 heavy (non-hydrogen) atoms. The van der Waals surface area contributed by atoms with Gasteiger partial charge < -0.3 is 10.2 Å². The monoisotopic (exact) mass is 235 g/mol. The predicted octanol–water partition coefficient (Wildman–Crippen LogP) is 2.14. The highest BCUT2D eigenvalue weighted by Gasteiger charge is 2.37. The van der Waals surface area contributed by atoms with Gasteiger partial charge in [0.05, 0.1) is 12.0 Å². The summed E-state index contributed by atoms with van der Waals surface area (Å²) in [5.74, 6) is 0.246. The van der Waals surface area contributed by atoms with E-state index < -0.39 is 0 Å². The van der Waals surface area contributed by atoms with Crippen molar-refractivity contribution in [1.29, 1.82) is 5.26 Å². The topological polar surface area (TPSA) is 39.1 Å². The van der Waals surface area contributed by atoms with E-state index in [2.05, 4.69) is 30.4 Å². The molecule has 0 spiro atoms. The van der Waals surface area contributed by atoms with Gasteiger partial charge in [-0.25, -0.2) is 0 Å². The van der Waals surface area contributed by atoms with Gasteiger partial charge in [0, 0.05) is 18.1 Å². The number of nitrogens with zero attached hydrogens (tertiary/aromatic N) is 2. The van der Waals surface area contributed by atoms with Crippen LogP contribution in [-0.4, -0.2) is 37.1 Å². The second-order valence-electron chi connectivity index (χ2n) is 5.98. The first-order chi connectivity index (χ1) is 8.18. The van der Waals surface area contributed by atoms with Gasteiger partial charge >= 0.3 is 0 Å². The largest absolute Gasteiger partial charge is 0.311 e. The molecule has 2 fully saturated rings. The quantitative estimate of drug-likeness (QED) is 0.811. The molecule has 0 radical (unpaired) electrons. The van der Waals surface area contributed by atoms with Gasteiger partial charge in [0.25, 0.3) is 0 Å². The average molecular weight is 235 g/mol. The summed E-state index contributed by atoms with van der Waals surface area (Å²) in [6.07, 6.45) is 8.79. The van der Waals surface area contributed by atoms with Gasteiger partial charge in [-0.05, 0) is 39.8 Å². The number of hydrogen-bond donors (Lipinski definition) is 1. The Balaban J connectivity index is 1.90. The Morgan fingerprint density at radius 1 is 1.24 bits per heavy atom. The lowest BCUT2D eigenvalue weighted by Crippen LogP contribution is -2.52. The smallest absolute Gasteiger partial charge is 0.0672 e. The molecule has 0 amide bonds. The van der Waals surface area contributed by atoms with E-state index in [4.69, 9.17) is 5.26 Å². The molecule has 2 aliphatic rings. The lowest BCUT2D eigenvalue weighted by Gasteiger charge is -2.38. The number of likely N-dealkylation sites (N-methyl/N-ethyl adjacent to an activating group) is 1. The molecule has 1 N–H and O–H groups in total. The molecule has 2 aliphatic carbocycles. The highest BCUT2D eigenvalue weighted by Crippen LogP contribution is 2.34. The zero-order valence-corrected chi connectivity index (χ0v) is 11.2. The number of hydrogen-bond acceptors (Lipinski definition) is 3. The lowest BCUT2D eigenvalue weighted by molar-refractivity contribution is 0.147. The molecular weight excluding hydrogens is 210 g/mol. The lowest BCUT2D eigenvalue weighted by atomic mass is 9.94. The SMILES string of the molecule is CN(C)C1(CNC2CCCC2C#N)CCCC1. The Labute approximate surface area is 105 Å².